The Morgan fingerprint density at radius 1 is 0.933 bits per heavy atom. The zero-order valence-electron chi connectivity index (χ0n) is 16.1. The number of allylic oxidation sites excluding steroid dienone is 3. The molecule has 1 aliphatic rings. The second-order valence-electron chi connectivity index (χ2n) is 6.74. The number of hydrogen-bond acceptors (Lipinski definition) is 5. The number of carbonyl (C=O) groups is 1. The van der Waals surface area contributed by atoms with Crippen LogP contribution < -0.4 is 8.92 Å². The molecule has 30 heavy (non-hydrogen) atoms. The van der Waals surface area contributed by atoms with Gasteiger partial charge in [-0.1, -0.05) is 60.2 Å². The molecule has 6 heteroatoms. The van der Waals surface area contributed by atoms with E-state index in [0.29, 0.717) is 5.56 Å². The summed E-state index contributed by atoms with van der Waals surface area (Å²) in [6.07, 6.45) is 5.17. The highest BCUT2D eigenvalue weighted by Gasteiger charge is 2.28. The fraction of sp³-hybridized carbons (Fsp3) is 0.0417. The first-order chi connectivity index (χ1) is 14.4. The van der Waals surface area contributed by atoms with Gasteiger partial charge < -0.3 is 8.92 Å². The summed E-state index contributed by atoms with van der Waals surface area (Å²) >= 11 is 0. The average Bonchev–Trinajstić information content (AvgIpc) is 3.04. The quantitative estimate of drug-likeness (QED) is 0.434. The van der Waals surface area contributed by atoms with Gasteiger partial charge in [0.25, 0.3) is 0 Å². The zero-order valence-corrected chi connectivity index (χ0v) is 16.9. The van der Waals surface area contributed by atoms with Crippen LogP contribution in [0.2, 0.25) is 0 Å². The fourth-order valence-electron chi connectivity index (χ4n) is 2.92. The van der Waals surface area contributed by atoms with Crippen LogP contribution in [0.25, 0.3) is 6.08 Å². The first-order valence-corrected chi connectivity index (χ1v) is 10.6. The lowest BCUT2D eigenvalue weighted by molar-refractivity contribution is 0.101. The van der Waals surface area contributed by atoms with Crippen LogP contribution >= 0.6 is 0 Å². The summed E-state index contributed by atoms with van der Waals surface area (Å²) in [4.78, 5) is 12.6. The number of ketones is 1. The van der Waals surface area contributed by atoms with Crippen molar-refractivity contribution in [2.75, 3.05) is 0 Å². The summed E-state index contributed by atoms with van der Waals surface area (Å²) in [7, 11) is -3.99. The van der Waals surface area contributed by atoms with E-state index in [1.54, 1.807) is 24.3 Å². The minimum Gasteiger partial charge on any atom is -0.452 e. The summed E-state index contributed by atoms with van der Waals surface area (Å²) in [5.74, 6) is 0.227. The first kappa shape index (κ1) is 19.7. The van der Waals surface area contributed by atoms with E-state index in [4.69, 9.17) is 8.92 Å². The molecule has 3 aromatic rings. The van der Waals surface area contributed by atoms with Crippen molar-refractivity contribution in [2.24, 2.45) is 0 Å². The lowest BCUT2D eigenvalue weighted by Gasteiger charge is -2.08. The number of aryl methyl sites for hydroxylation is 1. The number of rotatable bonds is 5. The molecule has 0 unspecified atom stereocenters. The predicted molar refractivity (Wildman–Crippen MR) is 114 cm³/mol. The van der Waals surface area contributed by atoms with Gasteiger partial charge in [-0.2, -0.15) is 8.42 Å². The van der Waals surface area contributed by atoms with Crippen molar-refractivity contribution < 1.29 is 22.1 Å². The smallest absolute Gasteiger partial charge is 0.339 e. The van der Waals surface area contributed by atoms with Crippen molar-refractivity contribution in [2.45, 2.75) is 11.8 Å². The molecule has 3 aromatic carbocycles. The second kappa shape index (κ2) is 8.00. The topological polar surface area (TPSA) is 69.7 Å². The maximum atomic E-state index is 12.5. The third-order valence-electron chi connectivity index (χ3n) is 4.49. The summed E-state index contributed by atoms with van der Waals surface area (Å²) < 4.78 is 35.8. The second-order valence-corrected chi connectivity index (χ2v) is 8.29. The highest BCUT2D eigenvalue weighted by Crippen LogP contribution is 2.35. The first-order valence-electron chi connectivity index (χ1n) is 9.23. The van der Waals surface area contributed by atoms with Gasteiger partial charge in [-0.3, -0.25) is 4.79 Å². The molecule has 0 N–H and O–H groups in total. The monoisotopic (exact) mass is 418 g/mol. The molecule has 0 fully saturated rings. The van der Waals surface area contributed by atoms with Crippen LogP contribution in [0, 0.1) is 6.92 Å². The highest BCUT2D eigenvalue weighted by atomic mass is 32.2. The lowest BCUT2D eigenvalue weighted by atomic mass is 10.1. The predicted octanol–water partition coefficient (Wildman–Crippen LogP) is 4.94. The highest BCUT2D eigenvalue weighted by molar-refractivity contribution is 7.87. The number of benzene rings is 3. The van der Waals surface area contributed by atoms with Crippen LogP contribution in [0.1, 0.15) is 21.5 Å². The third kappa shape index (κ3) is 4.18. The SMILES string of the molecule is Cc1ccc(S(=O)(=O)Oc2ccc3c(c2)O/C(=C\C=C\c2ccccc2)C3=O)cc1. The van der Waals surface area contributed by atoms with Gasteiger partial charge >= 0.3 is 10.1 Å². The summed E-state index contributed by atoms with van der Waals surface area (Å²) in [5.41, 5.74) is 2.29. The van der Waals surface area contributed by atoms with Gasteiger partial charge in [-0.15, -0.1) is 0 Å². The van der Waals surface area contributed by atoms with E-state index in [2.05, 4.69) is 0 Å². The van der Waals surface area contributed by atoms with E-state index in [0.717, 1.165) is 11.1 Å². The Morgan fingerprint density at radius 3 is 2.40 bits per heavy atom. The lowest BCUT2D eigenvalue weighted by Crippen LogP contribution is -2.09. The summed E-state index contributed by atoms with van der Waals surface area (Å²) in [6, 6.07) is 20.4. The number of Topliss-reactive ketones (excluding diaryl/α,β-unsaturated/α-hetero) is 1. The maximum absolute atomic E-state index is 12.5. The summed E-state index contributed by atoms with van der Waals surface area (Å²) in [6.45, 7) is 1.87. The van der Waals surface area contributed by atoms with Crippen LogP contribution in [0.4, 0.5) is 0 Å². The van der Waals surface area contributed by atoms with E-state index in [9.17, 15) is 13.2 Å². The molecule has 0 aromatic heterocycles. The molecule has 0 bridgehead atoms. The fourth-order valence-corrected chi connectivity index (χ4v) is 3.85. The molecule has 0 amide bonds. The summed E-state index contributed by atoms with van der Waals surface area (Å²) in [5, 5.41) is 0. The van der Waals surface area contributed by atoms with Gasteiger partial charge in [0.05, 0.1) is 5.56 Å². The number of hydrogen-bond donors (Lipinski definition) is 0. The normalized spacial score (nSPS) is 14.7. The Hall–Kier alpha value is -3.64. The van der Waals surface area contributed by atoms with Gasteiger partial charge in [0.2, 0.25) is 5.78 Å². The third-order valence-corrected chi connectivity index (χ3v) is 5.75. The molecule has 0 aliphatic carbocycles. The average molecular weight is 418 g/mol. The van der Waals surface area contributed by atoms with Crippen LogP contribution in [0.3, 0.4) is 0 Å². The van der Waals surface area contributed by atoms with Crippen molar-refractivity contribution in [1.29, 1.82) is 0 Å². The number of fused-ring (bicyclic) bond motifs is 1. The van der Waals surface area contributed by atoms with Crippen LogP contribution in [-0.4, -0.2) is 14.2 Å². The number of carbonyl (C=O) groups excluding carboxylic acids is 1. The Kier molecular flexibility index (Phi) is 5.25. The zero-order chi connectivity index (χ0) is 21.1. The molecule has 0 saturated heterocycles. The molecule has 5 nitrogen and oxygen atoms in total. The molecule has 0 atom stereocenters. The Bertz CT molecular complexity index is 1250. The molecule has 1 heterocycles. The van der Waals surface area contributed by atoms with Gasteiger partial charge in [0.15, 0.2) is 5.76 Å². The molecular weight excluding hydrogens is 400 g/mol. The molecular formula is C24H18O5S. The van der Waals surface area contributed by atoms with Gasteiger partial charge in [0, 0.05) is 6.07 Å². The van der Waals surface area contributed by atoms with Gasteiger partial charge in [-0.05, 0) is 42.8 Å². The molecule has 150 valence electrons. The minimum absolute atomic E-state index is 0.0530. The van der Waals surface area contributed by atoms with E-state index in [1.807, 2.05) is 43.3 Å². The minimum atomic E-state index is -3.99. The molecule has 0 radical (unpaired) electrons. The largest absolute Gasteiger partial charge is 0.452 e. The van der Waals surface area contributed by atoms with Crippen molar-refractivity contribution in [3.8, 4) is 11.5 Å². The number of ether oxygens (including phenoxy) is 1. The standard InChI is InChI=1S/C24H18O5S/c1-17-10-13-20(14-11-17)30(26,27)29-19-12-15-21-23(16-19)28-22(24(21)25)9-5-8-18-6-3-2-4-7-18/h2-16H,1H3/b8-5+,22-9-. The molecule has 4 rings (SSSR count). The van der Waals surface area contributed by atoms with Crippen LogP contribution in [0.5, 0.6) is 11.5 Å². The van der Waals surface area contributed by atoms with Crippen molar-refractivity contribution in [1.82, 2.24) is 0 Å². The Morgan fingerprint density at radius 2 is 1.67 bits per heavy atom. The Balaban J connectivity index is 1.52. The van der Waals surface area contributed by atoms with E-state index in [1.165, 1.54) is 30.3 Å². The van der Waals surface area contributed by atoms with Crippen LogP contribution in [0.15, 0.2) is 95.6 Å². The van der Waals surface area contributed by atoms with Gasteiger partial charge in [-0.25, -0.2) is 0 Å². The van der Waals surface area contributed by atoms with E-state index in [-0.39, 0.29) is 27.9 Å². The van der Waals surface area contributed by atoms with Crippen molar-refractivity contribution in [3.05, 3.63) is 107 Å². The van der Waals surface area contributed by atoms with Crippen molar-refractivity contribution in [3.63, 3.8) is 0 Å². The molecule has 0 saturated carbocycles. The van der Waals surface area contributed by atoms with Crippen molar-refractivity contribution >= 4 is 22.0 Å². The molecule has 0 spiro atoms. The van der Waals surface area contributed by atoms with Crippen LogP contribution in [-0.2, 0) is 10.1 Å². The van der Waals surface area contributed by atoms with E-state index >= 15 is 0 Å². The van der Waals surface area contributed by atoms with Gasteiger partial charge in [0.1, 0.15) is 16.4 Å². The van der Waals surface area contributed by atoms with E-state index < -0.39 is 10.1 Å². The Labute approximate surface area is 175 Å². The maximum Gasteiger partial charge on any atom is 0.339 e. The molecule has 1 aliphatic heterocycles.